The predicted octanol–water partition coefficient (Wildman–Crippen LogP) is 1.96. The Kier molecular flexibility index (Phi) is 4.30. The number of hydrogen-bond acceptors (Lipinski definition) is 4. The van der Waals surface area contributed by atoms with Gasteiger partial charge in [0.2, 0.25) is 0 Å². The molecule has 0 bridgehead atoms. The Morgan fingerprint density at radius 2 is 2.32 bits per heavy atom. The lowest BCUT2D eigenvalue weighted by atomic mass is 9.96. The standard InChI is InChI=1S/C13H21BrN4O/c1-3-6-18-12(19)11(14)10(7-16-18)17-13(2,8-15)9-4-5-9/h7,9,17H,3-6,8,15H2,1-2H3. The molecule has 1 fully saturated rings. The highest BCUT2D eigenvalue weighted by atomic mass is 79.9. The van der Waals surface area contributed by atoms with E-state index in [-0.39, 0.29) is 11.1 Å². The fraction of sp³-hybridized carbons (Fsp3) is 0.692. The molecule has 19 heavy (non-hydrogen) atoms. The highest BCUT2D eigenvalue weighted by molar-refractivity contribution is 9.10. The van der Waals surface area contributed by atoms with Crippen LogP contribution in [0.3, 0.4) is 0 Å². The summed E-state index contributed by atoms with van der Waals surface area (Å²) in [5, 5.41) is 7.60. The first-order chi connectivity index (χ1) is 9.01. The molecule has 0 saturated heterocycles. The maximum absolute atomic E-state index is 12.1. The predicted molar refractivity (Wildman–Crippen MR) is 80.3 cm³/mol. The summed E-state index contributed by atoms with van der Waals surface area (Å²) in [6.07, 6.45) is 4.98. The highest BCUT2D eigenvalue weighted by Crippen LogP contribution is 2.41. The fourth-order valence-electron chi connectivity index (χ4n) is 2.27. The Labute approximate surface area is 121 Å². The van der Waals surface area contributed by atoms with Gasteiger partial charge in [0.25, 0.3) is 5.56 Å². The van der Waals surface area contributed by atoms with Crippen molar-refractivity contribution in [3.05, 3.63) is 21.0 Å². The molecule has 1 aliphatic rings. The minimum atomic E-state index is -0.159. The number of nitrogens with two attached hydrogens (primary N) is 1. The molecule has 1 heterocycles. The van der Waals surface area contributed by atoms with Crippen LogP contribution in [0.5, 0.6) is 0 Å². The number of hydrogen-bond donors (Lipinski definition) is 2. The van der Waals surface area contributed by atoms with Crippen molar-refractivity contribution >= 4 is 21.6 Å². The molecule has 5 nitrogen and oxygen atoms in total. The summed E-state index contributed by atoms with van der Waals surface area (Å²) in [5.74, 6) is 0.586. The lowest BCUT2D eigenvalue weighted by molar-refractivity contribution is 0.458. The summed E-state index contributed by atoms with van der Waals surface area (Å²) < 4.78 is 2.02. The van der Waals surface area contributed by atoms with Crippen LogP contribution in [0.25, 0.3) is 0 Å². The molecule has 1 unspecified atom stereocenters. The van der Waals surface area contributed by atoms with E-state index in [1.807, 2.05) is 6.92 Å². The summed E-state index contributed by atoms with van der Waals surface area (Å²) in [6.45, 7) is 5.30. The van der Waals surface area contributed by atoms with E-state index >= 15 is 0 Å². The molecule has 0 aromatic carbocycles. The van der Waals surface area contributed by atoms with Crippen LogP contribution in [0.1, 0.15) is 33.1 Å². The maximum atomic E-state index is 12.1. The number of aryl methyl sites for hydroxylation is 1. The average molecular weight is 329 g/mol. The van der Waals surface area contributed by atoms with Gasteiger partial charge < -0.3 is 11.1 Å². The molecule has 106 valence electrons. The zero-order valence-corrected chi connectivity index (χ0v) is 13.0. The van der Waals surface area contributed by atoms with Gasteiger partial charge in [-0.1, -0.05) is 6.92 Å². The van der Waals surface area contributed by atoms with Gasteiger partial charge >= 0.3 is 0 Å². The summed E-state index contributed by atoms with van der Waals surface area (Å²) in [5.41, 5.74) is 6.36. The summed E-state index contributed by atoms with van der Waals surface area (Å²) in [4.78, 5) is 12.1. The van der Waals surface area contributed by atoms with Gasteiger partial charge in [-0.15, -0.1) is 0 Å². The van der Waals surface area contributed by atoms with Gasteiger partial charge in [-0.2, -0.15) is 5.10 Å². The molecular weight excluding hydrogens is 308 g/mol. The van der Waals surface area contributed by atoms with E-state index in [0.717, 1.165) is 12.1 Å². The molecule has 2 rings (SSSR count). The number of halogens is 1. The van der Waals surface area contributed by atoms with E-state index in [1.54, 1.807) is 6.20 Å². The molecule has 0 amide bonds. The van der Waals surface area contributed by atoms with Crippen LogP contribution in [-0.2, 0) is 6.54 Å². The molecule has 1 aromatic rings. The smallest absolute Gasteiger partial charge is 0.283 e. The van der Waals surface area contributed by atoms with Crippen LogP contribution in [0.4, 0.5) is 5.69 Å². The van der Waals surface area contributed by atoms with Gasteiger partial charge in [-0.3, -0.25) is 4.79 Å². The number of rotatable bonds is 6. The molecular formula is C13H21BrN4O. The van der Waals surface area contributed by atoms with E-state index in [4.69, 9.17) is 5.73 Å². The molecule has 1 atom stereocenters. The van der Waals surface area contributed by atoms with Crippen molar-refractivity contribution in [2.75, 3.05) is 11.9 Å². The second kappa shape index (κ2) is 5.63. The van der Waals surface area contributed by atoms with Crippen molar-refractivity contribution in [3.8, 4) is 0 Å². The minimum absolute atomic E-state index is 0.0954. The monoisotopic (exact) mass is 328 g/mol. The lowest BCUT2D eigenvalue weighted by Gasteiger charge is -2.31. The van der Waals surface area contributed by atoms with Gasteiger partial charge in [0, 0.05) is 18.6 Å². The molecule has 1 aromatic heterocycles. The first-order valence-corrected chi connectivity index (χ1v) is 7.55. The Hall–Kier alpha value is -0.880. The van der Waals surface area contributed by atoms with Crippen LogP contribution in [0.2, 0.25) is 0 Å². The minimum Gasteiger partial charge on any atom is -0.376 e. The number of nitrogens with zero attached hydrogens (tertiary/aromatic N) is 2. The zero-order valence-electron chi connectivity index (χ0n) is 11.4. The number of anilines is 1. The van der Waals surface area contributed by atoms with Crippen LogP contribution in [0.15, 0.2) is 15.5 Å². The summed E-state index contributed by atoms with van der Waals surface area (Å²) in [7, 11) is 0. The van der Waals surface area contributed by atoms with Crippen molar-refractivity contribution in [3.63, 3.8) is 0 Å². The molecule has 1 aliphatic carbocycles. The Morgan fingerprint density at radius 3 is 2.84 bits per heavy atom. The Morgan fingerprint density at radius 1 is 1.63 bits per heavy atom. The van der Waals surface area contributed by atoms with E-state index in [0.29, 0.717) is 23.5 Å². The quantitative estimate of drug-likeness (QED) is 0.837. The van der Waals surface area contributed by atoms with Gasteiger partial charge in [0.1, 0.15) is 4.47 Å². The van der Waals surface area contributed by atoms with Gasteiger partial charge in [-0.25, -0.2) is 4.68 Å². The van der Waals surface area contributed by atoms with Gasteiger partial charge in [-0.05, 0) is 48.0 Å². The topological polar surface area (TPSA) is 72.9 Å². The molecule has 0 aliphatic heterocycles. The van der Waals surface area contributed by atoms with Crippen LogP contribution >= 0.6 is 15.9 Å². The third-order valence-corrected chi connectivity index (χ3v) is 4.51. The highest BCUT2D eigenvalue weighted by Gasteiger charge is 2.40. The zero-order chi connectivity index (χ0) is 14.0. The third kappa shape index (κ3) is 3.00. The second-order valence-corrected chi connectivity index (χ2v) is 6.21. The van der Waals surface area contributed by atoms with E-state index < -0.39 is 0 Å². The van der Waals surface area contributed by atoms with Crippen molar-refractivity contribution in [2.24, 2.45) is 11.7 Å². The molecule has 1 saturated carbocycles. The van der Waals surface area contributed by atoms with Gasteiger partial charge in [0.15, 0.2) is 0 Å². The number of aromatic nitrogens is 2. The van der Waals surface area contributed by atoms with Crippen molar-refractivity contribution in [1.82, 2.24) is 9.78 Å². The van der Waals surface area contributed by atoms with Crippen LogP contribution in [0, 0.1) is 5.92 Å². The first-order valence-electron chi connectivity index (χ1n) is 6.75. The van der Waals surface area contributed by atoms with Crippen molar-refractivity contribution in [1.29, 1.82) is 0 Å². The average Bonchev–Trinajstić information content (AvgIpc) is 3.23. The normalized spacial score (nSPS) is 18.1. The van der Waals surface area contributed by atoms with Crippen LogP contribution in [-0.4, -0.2) is 21.9 Å². The Bertz CT molecular complexity index is 512. The second-order valence-electron chi connectivity index (χ2n) is 5.42. The third-order valence-electron chi connectivity index (χ3n) is 3.74. The SMILES string of the molecule is CCCn1ncc(NC(C)(CN)C2CC2)c(Br)c1=O. The number of nitrogens with one attached hydrogen (secondary N) is 1. The molecule has 0 spiro atoms. The fourth-order valence-corrected chi connectivity index (χ4v) is 2.68. The molecule has 0 radical (unpaired) electrons. The largest absolute Gasteiger partial charge is 0.376 e. The summed E-state index contributed by atoms with van der Waals surface area (Å²) in [6, 6.07) is 0. The Balaban J connectivity index is 2.26. The first kappa shape index (κ1) is 14.5. The lowest BCUT2D eigenvalue weighted by Crippen LogP contribution is -2.45. The van der Waals surface area contributed by atoms with E-state index in [2.05, 4.69) is 33.3 Å². The van der Waals surface area contributed by atoms with Crippen molar-refractivity contribution in [2.45, 2.75) is 45.2 Å². The maximum Gasteiger partial charge on any atom is 0.283 e. The van der Waals surface area contributed by atoms with E-state index in [1.165, 1.54) is 17.5 Å². The van der Waals surface area contributed by atoms with Gasteiger partial charge in [0.05, 0.1) is 11.9 Å². The van der Waals surface area contributed by atoms with Crippen LogP contribution < -0.4 is 16.6 Å². The molecule has 3 N–H and O–H groups in total. The van der Waals surface area contributed by atoms with E-state index in [9.17, 15) is 4.79 Å². The summed E-state index contributed by atoms with van der Waals surface area (Å²) >= 11 is 3.38. The molecule has 6 heteroatoms. The van der Waals surface area contributed by atoms with Crippen molar-refractivity contribution < 1.29 is 0 Å².